The van der Waals surface area contributed by atoms with E-state index < -0.39 is 18.0 Å². The lowest BCUT2D eigenvalue weighted by atomic mass is 10.1. The average molecular weight is 247 g/mol. The Labute approximate surface area is 94.1 Å². The largest absolute Gasteiger partial charge is 0.573 e. The van der Waals surface area contributed by atoms with Gasteiger partial charge in [0.15, 0.2) is 0 Å². The number of carbonyl (C=O) groups is 1. The third-order valence-electron chi connectivity index (χ3n) is 1.66. The van der Waals surface area contributed by atoms with Crippen molar-refractivity contribution in [2.75, 3.05) is 0 Å². The van der Waals surface area contributed by atoms with Gasteiger partial charge in [0.2, 0.25) is 5.91 Å². The number of hydrogen-bond acceptors (Lipinski definition) is 3. The molecule has 0 unspecified atom stereocenters. The van der Waals surface area contributed by atoms with Crippen molar-refractivity contribution in [3.8, 4) is 11.5 Å². The molecule has 0 bridgehead atoms. The van der Waals surface area contributed by atoms with Gasteiger partial charge in [-0.25, -0.2) is 0 Å². The predicted octanol–water partition coefficient (Wildman–Crippen LogP) is 1.79. The summed E-state index contributed by atoms with van der Waals surface area (Å²) in [5, 5.41) is 9.31. The normalized spacial score (nSPS) is 11.7. The number of halogens is 3. The van der Waals surface area contributed by atoms with Crippen molar-refractivity contribution in [3.05, 3.63) is 29.8 Å². The van der Waals surface area contributed by atoms with Crippen LogP contribution in [-0.4, -0.2) is 17.4 Å². The Bertz CT molecular complexity index is 455. The maximum absolute atomic E-state index is 11.9. The molecule has 3 N–H and O–H groups in total. The first-order valence-electron chi connectivity index (χ1n) is 4.34. The van der Waals surface area contributed by atoms with Gasteiger partial charge >= 0.3 is 6.36 Å². The smallest absolute Gasteiger partial charge is 0.507 e. The second-order valence-corrected chi connectivity index (χ2v) is 3.00. The number of phenolic OH excluding ortho intramolecular Hbond substituents is 1. The quantitative estimate of drug-likeness (QED) is 0.800. The monoisotopic (exact) mass is 247 g/mol. The summed E-state index contributed by atoms with van der Waals surface area (Å²) in [5.41, 5.74) is 4.80. The van der Waals surface area contributed by atoms with Crippen molar-refractivity contribution in [3.63, 3.8) is 0 Å². The molecule has 0 saturated carbocycles. The predicted molar refractivity (Wildman–Crippen MR) is 53.0 cm³/mol. The molecular formula is C10H8F3NO3. The molecule has 0 heterocycles. The van der Waals surface area contributed by atoms with E-state index in [0.717, 1.165) is 30.4 Å². The highest BCUT2D eigenvalue weighted by atomic mass is 19.4. The first kappa shape index (κ1) is 12.9. The number of phenols is 1. The Morgan fingerprint density at radius 3 is 2.59 bits per heavy atom. The van der Waals surface area contributed by atoms with E-state index in [-0.39, 0.29) is 11.3 Å². The molecule has 0 aromatic heterocycles. The van der Waals surface area contributed by atoms with E-state index in [1.807, 2.05) is 0 Å². The number of benzene rings is 1. The molecular weight excluding hydrogens is 239 g/mol. The molecule has 1 aromatic carbocycles. The highest BCUT2D eigenvalue weighted by Gasteiger charge is 2.31. The molecule has 4 nitrogen and oxygen atoms in total. The molecule has 0 aliphatic heterocycles. The van der Waals surface area contributed by atoms with Crippen LogP contribution in [0.2, 0.25) is 0 Å². The summed E-state index contributed by atoms with van der Waals surface area (Å²) in [7, 11) is 0. The zero-order valence-electron chi connectivity index (χ0n) is 8.36. The molecule has 1 aromatic rings. The molecule has 0 aliphatic carbocycles. The minimum absolute atomic E-state index is 0.00875. The molecule has 0 spiro atoms. The minimum Gasteiger partial charge on any atom is -0.507 e. The average Bonchev–Trinajstić information content (AvgIpc) is 2.16. The number of nitrogens with two attached hydrogens (primary N) is 1. The highest BCUT2D eigenvalue weighted by Crippen LogP contribution is 2.28. The second kappa shape index (κ2) is 4.77. The van der Waals surface area contributed by atoms with Crippen LogP contribution in [0.25, 0.3) is 6.08 Å². The second-order valence-electron chi connectivity index (χ2n) is 3.00. The van der Waals surface area contributed by atoms with Crippen LogP contribution in [0.5, 0.6) is 11.5 Å². The van der Waals surface area contributed by atoms with E-state index in [2.05, 4.69) is 4.74 Å². The van der Waals surface area contributed by atoms with Crippen molar-refractivity contribution in [1.82, 2.24) is 0 Å². The molecule has 1 amide bonds. The van der Waals surface area contributed by atoms with Crippen LogP contribution in [0.1, 0.15) is 5.56 Å². The van der Waals surface area contributed by atoms with Gasteiger partial charge in [0.05, 0.1) is 0 Å². The number of aromatic hydroxyl groups is 1. The molecule has 0 fully saturated rings. The third-order valence-corrected chi connectivity index (χ3v) is 1.66. The number of ether oxygens (including phenoxy) is 1. The minimum atomic E-state index is -4.82. The maximum Gasteiger partial charge on any atom is 0.573 e. The number of primary amides is 1. The number of hydrogen-bond donors (Lipinski definition) is 2. The van der Waals surface area contributed by atoms with Crippen LogP contribution in [-0.2, 0) is 4.79 Å². The van der Waals surface area contributed by atoms with Gasteiger partial charge in [-0.3, -0.25) is 4.79 Å². The van der Waals surface area contributed by atoms with Crippen LogP contribution in [0.15, 0.2) is 24.3 Å². The summed E-state index contributed by atoms with van der Waals surface area (Å²) in [6.45, 7) is 0. The van der Waals surface area contributed by atoms with Crippen LogP contribution in [0, 0.1) is 0 Å². The van der Waals surface area contributed by atoms with Crippen LogP contribution in [0.4, 0.5) is 13.2 Å². The highest BCUT2D eigenvalue weighted by molar-refractivity contribution is 5.90. The van der Waals surface area contributed by atoms with Gasteiger partial charge in [-0.15, -0.1) is 13.2 Å². The lowest BCUT2D eigenvalue weighted by Gasteiger charge is -2.09. The molecule has 1 rings (SSSR count). The van der Waals surface area contributed by atoms with Crippen molar-refractivity contribution in [1.29, 1.82) is 0 Å². The van der Waals surface area contributed by atoms with Crippen LogP contribution in [0.3, 0.4) is 0 Å². The van der Waals surface area contributed by atoms with Gasteiger partial charge in [0.1, 0.15) is 11.5 Å². The van der Waals surface area contributed by atoms with Gasteiger partial charge < -0.3 is 15.6 Å². The summed E-state index contributed by atoms with van der Waals surface area (Å²) < 4.78 is 39.4. The molecule has 0 atom stereocenters. The van der Waals surface area contributed by atoms with E-state index in [1.165, 1.54) is 0 Å². The van der Waals surface area contributed by atoms with Gasteiger partial charge in [-0.1, -0.05) is 0 Å². The van der Waals surface area contributed by atoms with Crippen molar-refractivity contribution >= 4 is 12.0 Å². The fourth-order valence-electron chi connectivity index (χ4n) is 1.04. The lowest BCUT2D eigenvalue weighted by molar-refractivity contribution is -0.274. The van der Waals surface area contributed by atoms with E-state index in [1.54, 1.807) is 0 Å². The van der Waals surface area contributed by atoms with E-state index in [4.69, 9.17) is 5.73 Å². The standard InChI is InChI=1S/C10H8F3NO3/c11-10(12,13)17-7-2-3-8(15)6(5-7)1-4-9(14)16/h1-5,15H,(H2,14,16). The van der Waals surface area contributed by atoms with Gasteiger partial charge in [0.25, 0.3) is 0 Å². The molecule has 92 valence electrons. The van der Waals surface area contributed by atoms with Crippen molar-refractivity contribution in [2.24, 2.45) is 5.73 Å². The van der Waals surface area contributed by atoms with Crippen LogP contribution < -0.4 is 10.5 Å². The Hall–Kier alpha value is -2.18. The Morgan fingerprint density at radius 1 is 1.41 bits per heavy atom. The van der Waals surface area contributed by atoms with Crippen molar-refractivity contribution in [2.45, 2.75) is 6.36 Å². The number of rotatable bonds is 3. The molecule has 0 radical (unpaired) electrons. The molecule has 7 heteroatoms. The SMILES string of the molecule is NC(=O)C=Cc1cc(OC(F)(F)F)ccc1O. The maximum atomic E-state index is 11.9. The number of alkyl halides is 3. The fraction of sp³-hybridized carbons (Fsp3) is 0.100. The Balaban J connectivity index is 2.98. The Kier molecular flexibility index (Phi) is 3.62. The first-order valence-corrected chi connectivity index (χ1v) is 4.34. The number of carbonyl (C=O) groups excluding carboxylic acids is 1. The van der Waals surface area contributed by atoms with Gasteiger partial charge in [-0.2, -0.15) is 0 Å². The molecule has 0 saturated heterocycles. The van der Waals surface area contributed by atoms with E-state index in [0.29, 0.717) is 0 Å². The zero-order chi connectivity index (χ0) is 13.1. The fourth-order valence-corrected chi connectivity index (χ4v) is 1.04. The van der Waals surface area contributed by atoms with Crippen LogP contribution >= 0.6 is 0 Å². The molecule has 17 heavy (non-hydrogen) atoms. The summed E-state index contributed by atoms with van der Waals surface area (Å²) in [6.07, 6.45) is -2.82. The Morgan fingerprint density at radius 2 is 2.06 bits per heavy atom. The summed E-state index contributed by atoms with van der Waals surface area (Å²) >= 11 is 0. The van der Waals surface area contributed by atoms with E-state index >= 15 is 0 Å². The first-order chi connectivity index (χ1) is 7.78. The molecule has 0 aliphatic rings. The summed E-state index contributed by atoms with van der Waals surface area (Å²) in [5.74, 6) is -1.58. The van der Waals surface area contributed by atoms with Crippen molar-refractivity contribution < 1.29 is 27.8 Å². The number of amides is 1. The van der Waals surface area contributed by atoms with Gasteiger partial charge in [0, 0.05) is 11.6 Å². The topological polar surface area (TPSA) is 72.6 Å². The lowest BCUT2D eigenvalue weighted by Crippen LogP contribution is -2.17. The van der Waals surface area contributed by atoms with Gasteiger partial charge in [-0.05, 0) is 24.3 Å². The summed E-state index contributed by atoms with van der Waals surface area (Å²) in [6, 6.07) is 2.90. The zero-order valence-corrected chi connectivity index (χ0v) is 8.36. The third kappa shape index (κ3) is 4.45. The van der Waals surface area contributed by atoms with E-state index in [9.17, 15) is 23.1 Å². The summed E-state index contributed by atoms with van der Waals surface area (Å²) in [4.78, 5) is 10.4.